The molecular formula is C20H23N7O4. The molecule has 11 nitrogen and oxygen atoms in total. The highest BCUT2D eigenvalue weighted by Crippen LogP contribution is 2.29. The molecule has 0 spiro atoms. The molecule has 0 saturated carbocycles. The fourth-order valence-corrected chi connectivity index (χ4v) is 3.03. The van der Waals surface area contributed by atoms with Gasteiger partial charge in [0.25, 0.3) is 0 Å². The molecule has 0 fully saturated rings. The van der Waals surface area contributed by atoms with Gasteiger partial charge in [0.05, 0.1) is 18.2 Å². The predicted molar refractivity (Wildman–Crippen MR) is 115 cm³/mol. The molecule has 1 aromatic carbocycles. The monoisotopic (exact) mass is 425 g/mol. The minimum absolute atomic E-state index is 0.00983. The Balaban J connectivity index is 1.70. The van der Waals surface area contributed by atoms with Gasteiger partial charge in [-0.05, 0) is 57.5 Å². The van der Waals surface area contributed by atoms with Crippen LogP contribution < -0.4 is 14.9 Å². The van der Waals surface area contributed by atoms with Gasteiger partial charge in [0, 0.05) is 11.4 Å². The molecule has 2 heterocycles. The van der Waals surface area contributed by atoms with Crippen molar-refractivity contribution in [2.24, 2.45) is 5.10 Å². The van der Waals surface area contributed by atoms with E-state index in [-0.39, 0.29) is 12.4 Å². The third-order valence-electron chi connectivity index (χ3n) is 4.42. The van der Waals surface area contributed by atoms with E-state index in [0.717, 1.165) is 17.0 Å². The SMILES string of the molecule is COc1cc(/C=N/Nc2nc(C)cc(C)n2)ccc1OCn1nc(C)c([N+](=O)[O-])c1C. The lowest BCUT2D eigenvalue weighted by atomic mass is 10.2. The van der Waals surface area contributed by atoms with E-state index in [1.54, 1.807) is 38.3 Å². The third-order valence-corrected chi connectivity index (χ3v) is 4.42. The topological polar surface area (TPSA) is 130 Å². The smallest absolute Gasteiger partial charge is 0.312 e. The summed E-state index contributed by atoms with van der Waals surface area (Å²) in [5.41, 5.74) is 6.02. The number of ether oxygens (including phenoxy) is 2. The van der Waals surface area contributed by atoms with E-state index in [9.17, 15) is 10.1 Å². The number of hydrogen-bond acceptors (Lipinski definition) is 9. The first-order valence-electron chi connectivity index (χ1n) is 9.39. The number of nitro groups is 1. The molecule has 2 aromatic heterocycles. The lowest BCUT2D eigenvalue weighted by Crippen LogP contribution is -2.09. The molecule has 31 heavy (non-hydrogen) atoms. The number of nitrogens with one attached hydrogen (secondary N) is 1. The van der Waals surface area contributed by atoms with Gasteiger partial charge in [-0.25, -0.2) is 20.1 Å². The highest BCUT2D eigenvalue weighted by atomic mass is 16.6. The van der Waals surface area contributed by atoms with E-state index in [2.05, 4.69) is 25.6 Å². The number of anilines is 1. The van der Waals surface area contributed by atoms with Gasteiger partial charge in [-0.2, -0.15) is 10.2 Å². The van der Waals surface area contributed by atoms with Gasteiger partial charge >= 0.3 is 5.69 Å². The summed E-state index contributed by atoms with van der Waals surface area (Å²) in [6.07, 6.45) is 1.61. The average molecular weight is 425 g/mol. The number of nitrogens with zero attached hydrogens (tertiary/aromatic N) is 6. The van der Waals surface area contributed by atoms with Crippen molar-refractivity contribution in [2.45, 2.75) is 34.4 Å². The van der Waals surface area contributed by atoms with Crippen LogP contribution >= 0.6 is 0 Å². The quantitative estimate of drug-likeness (QED) is 0.330. The molecule has 0 radical (unpaired) electrons. The lowest BCUT2D eigenvalue weighted by molar-refractivity contribution is -0.386. The third kappa shape index (κ3) is 5.13. The van der Waals surface area contributed by atoms with E-state index < -0.39 is 4.92 Å². The van der Waals surface area contributed by atoms with Gasteiger partial charge in [-0.1, -0.05) is 0 Å². The largest absolute Gasteiger partial charge is 0.493 e. The van der Waals surface area contributed by atoms with Gasteiger partial charge in [0.15, 0.2) is 18.2 Å². The van der Waals surface area contributed by atoms with Crippen molar-refractivity contribution in [1.29, 1.82) is 0 Å². The van der Waals surface area contributed by atoms with Crippen LogP contribution in [0.1, 0.15) is 28.3 Å². The predicted octanol–water partition coefficient (Wildman–Crippen LogP) is 3.31. The maximum absolute atomic E-state index is 11.1. The Labute approximate surface area is 178 Å². The Kier molecular flexibility index (Phi) is 6.43. The van der Waals surface area contributed by atoms with Crippen LogP contribution in [0.5, 0.6) is 11.5 Å². The fraction of sp³-hybridized carbons (Fsp3) is 0.300. The fourth-order valence-electron chi connectivity index (χ4n) is 3.03. The van der Waals surface area contributed by atoms with Crippen LogP contribution in [-0.4, -0.2) is 38.0 Å². The maximum Gasteiger partial charge on any atom is 0.312 e. The van der Waals surface area contributed by atoms with Crippen molar-refractivity contribution in [3.8, 4) is 11.5 Å². The van der Waals surface area contributed by atoms with Gasteiger partial charge in [-0.3, -0.25) is 10.1 Å². The number of aromatic nitrogens is 4. The highest BCUT2D eigenvalue weighted by Gasteiger charge is 2.22. The molecule has 3 rings (SSSR count). The first-order chi connectivity index (χ1) is 14.8. The van der Waals surface area contributed by atoms with Crippen LogP contribution in [0.25, 0.3) is 0 Å². The van der Waals surface area contributed by atoms with Gasteiger partial charge in [0.2, 0.25) is 5.95 Å². The van der Waals surface area contributed by atoms with E-state index in [0.29, 0.717) is 28.8 Å². The van der Waals surface area contributed by atoms with Crippen molar-refractivity contribution in [3.05, 3.63) is 62.7 Å². The molecule has 1 N–H and O–H groups in total. The Morgan fingerprint density at radius 1 is 1.16 bits per heavy atom. The van der Waals surface area contributed by atoms with Crippen molar-refractivity contribution >= 4 is 17.9 Å². The Morgan fingerprint density at radius 3 is 2.48 bits per heavy atom. The number of rotatable bonds is 8. The zero-order valence-electron chi connectivity index (χ0n) is 17.9. The van der Waals surface area contributed by atoms with E-state index in [1.165, 1.54) is 11.8 Å². The van der Waals surface area contributed by atoms with Crippen LogP contribution in [-0.2, 0) is 6.73 Å². The van der Waals surface area contributed by atoms with Crippen LogP contribution in [0.4, 0.5) is 11.6 Å². The number of aryl methyl sites for hydroxylation is 3. The number of hydrogen-bond donors (Lipinski definition) is 1. The summed E-state index contributed by atoms with van der Waals surface area (Å²) in [5, 5.41) is 19.5. The van der Waals surface area contributed by atoms with Crippen LogP contribution in [0.3, 0.4) is 0 Å². The Bertz CT molecular complexity index is 1120. The first-order valence-corrected chi connectivity index (χ1v) is 9.39. The molecule has 162 valence electrons. The second-order valence-corrected chi connectivity index (χ2v) is 6.80. The summed E-state index contributed by atoms with van der Waals surface area (Å²) in [5.74, 6) is 1.38. The van der Waals surface area contributed by atoms with E-state index in [4.69, 9.17) is 9.47 Å². The van der Waals surface area contributed by atoms with Crippen molar-refractivity contribution < 1.29 is 14.4 Å². The van der Waals surface area contributed by atoms with Crippen LogP contribution in [0.15, 0.2) is 29.4 Å². The molecule has 11 heteroatoms. The van der Waals surface area contributed by atoms with Crippen molar-refractivity contribution in [3.63, 3.8) is 0 Å². The van der Waals surface area contributed by atoms with Gasteiger partial charge in [-0.15, -0.1) is 0 Å². The second kappa shape index (κ2) is 9.20. The molecule has 0 saturated heterocycles. The highest BCUT2D eigenvalue weighted by molar-refractivity contribution is 5.81. The summed E-state index contributed by atoms with van der Waals surface area (Å²) in [6, 6.07) is 7.16. The first kappa shape index (κ1) is 21.7. The molecule has 0 aliphatic carbocycles. The average Bonchev–Trinajstić information content (AvgIpc) is 2.99. The summed E-state index contributed by atoms with van der Waals surface area (Å²) in [7, 11) is 1.53. The second-order valence-electron chi connectivity index (χ2n) is 6.80. The minimum Gasteiger partial charge on any atom is -0.493 e. The molecular weight excluding hydrogens is 402 g/mol. The molecule has 3 aromatic rings. The molecule has 0 amide bonds. The summed E-state index contributed by atoms with van der Waals surface area (Å²) in [6.45, 7) is 7.00. The number of benzene rings is 1. The normalized spacial score (nSPS) is 11.0. The zero-order chi connectivity index (χ0) is 22.5. The summed E-state index contributed by atoms with van der Waals surface area (Å²) in [4.78, 5) is 19.2. The zero-order valence-corrected chi connectivity index (χ0v) is 17.9. The van der Waals surface area contributed by atoms with Crippen molar-refractivity contribution in [1.82, 2.24) is 19.7 Å². The Hall–Kier alpha value is -4.02. The number of methoxy groups -OCH3 is 1. The van der Waals surface area contributed by atoms with Gasteiger partial charge < -0.3 is 9.47 Å². The standard InChI is InChI=1S/C20H23N7O4/c1-12-8-13(2)23-20(22-12)24-21-10-16-6-7-17(18(9-16)30-5)31-11-26-15(4)19(27(28)29)14(3)25-26/h6-10H,11H2,1-5H3,(H,22,23,24)/b21-10+. The molecule has 0 bridgehead atoms. The molecule has 0 aliphatic rings. The lowest BCUT2D eigenvalue weighted by Gasteiger charge is -2.12. The van der Waals surface area contributed by atoms with Gasteiger partial charge in [0.1, 0.15) is 11.4 Å². The van der Waals surface area contributed by atoms with E-state index in [1.807, 2.05) is 19.9 Å². The Morgan fingerprint density at radius 2 is 1.87 bits per heavy atom. The van der Waals surface area contributed by atoms with Crippen LogP contribution in [0, 0.1) is 37.8 Å². The van der Waals surface area contributed by atoms with E-state index >= 15 is 0 Å². The number of hydrazone groups is 1. The molecule has 0 atom stereocenters. The molecule has 0 unspecified atom stereocenters. The summed E-state index contributed by atoms with van der Waals surface area (Å²) < 4.78 is 12.6. The maximum atomic E-state index is 11.1. The minimum atomic E-state index is -0.444. The molecule has 0 aliphatic heterocycles. The van der Waals surface area contributed by atoms with Crippen LogP contribution in [0.2, 0.25) is 0 Å². The van der Waals surface area contributed by atoms with Crippen molar-refractivity contribution in [2.75, 3.05) is 12.5 Å². The summed E-state index contributed by atoms with van der Waals surface area (Å²) >= 11 is 0.